The van der Waals surface area contributed by atoms with Crippen LogP contribution in [0.15, 0.2) is 24.5 Å². The van der Waals surface area contributed by atoms with Gasteiger partial charge in [0.15, 0.2) is 5.82 Å². The molecule has 3 rings (SSSR count). The summed E-state index contributed by atoms with van der Waals surface area (Å²) in [4.78, 5) is 32.7. The molecule has 0 saturated heterocycles. The standard InChI is InChI=1S/C14H12FN5O2/c1-20-5-10(21)19-14-12(20)11(17-6-18-14)7-2-3-9(15)8(4-7)13(16)22/h2-4,6H,5H2,1H3,(H2,16,22)(H,17,18,19,21). The third-order valence-electron chi connectivity index (χ3n) is 3.35. The van der Waals surface area contributed by atoms with Crippen LogP contribution in [0.1, 0.15) is 10.4 Å². The van der Waals surface area contributed by atoms with E-state index in [-0.39, 0.29) is 18.0 Å². The smallest absolute Gasteiger partial charge is 0.251 e. The number of primary amides is 1. The predicted molar refractivity (Wildman–Crippen MR) is 77.8 cm³/mol. The maximum Gasteiger partial charge on any atom is 0.251 e. The van der Waals surface area contributed by atoms with Gasteiger partial charge in [-0.05, 0) is 18.2 Å². The molecule has 112 valence electrons. The van der Waals surface area contributed by atoms with E-state index < -0.39 is 11.7 Å². The van der Waals surface area contributed by atoms with Crippen LogP contribution in [0.25, 0.3) is 11.3 Å². The lowest BCUT2D eigenvalue weighted by Gasteiger charge is -2.27. The van der Waals surface area contributed by atoms with Crippen molar-refractivity contribution >= 4 is 23.3 Å². The SMILES string of the molecule is CN1CC(=O)Nc2ncnc(-c3ccc(F)c(C(N)=O)c3)c21. The van der Waals surface area contributed by atoms with Crippen molar-refractivity contribution in [1.29, 1.82) is 0 Å². The summed E-state index contributed by atoms with van der Waals surface area (Å²) in [5.41, 5.74) is 6.54. The Hall–Kier alpha value is -3.03. The highest BCUT2D eigenvalue weighted by atomic mass is 19.1. The summed E-state index contributed by atoms with van der Waals surface area (Å²) in [5, 5.41) is 2.65. The van der Waals surface area contributed by atoms with Gasteiger partial charge in [-0.1, -0.05) is 0 Å². The van der Waals surface area contributed by atoms with Gasteiger partial charge < -0.3 is 16.0 Å². The molecule has 1 aromatic carbocycles. The first-order valence-electron chi connectivity index (χ1n) is 6.43. The molecular formula is C14H12FN5O2. The second-order valence-corrected chi connectivity index (χ2v) is 4.88. The first-order chi connectivity index (χ1) is 10.5. The van der Waals surface area contributed by atoms with E-state index in [1.165, 1.54) is 18.5 Å². The van der Waals surface area contributed by atoms with Crippen LogP contribution in [-0.2, 0) is 4.79 Å². The summed E-state index contributed by atoms with van der Waals surface area (Å²) < 4.78 is 13.6. The van der Waals surface area contributed by atoms with Crippen LogP contribution >= 0.6 is 0 Å². The minimum Gasteiger partial charge on any atom is -0.366 e. The minimum absolute atomic E-state index is 0.150. The van der Waals surface area contributed by atoms with Gasteiger partial charge in [-0.15, -0.1) is 0 Å². The van der Waals surface area contributed by atoms with Crippen LogP contribution in [0, 0.1) is 5.82 Å². The molecule has 0 radical (unpaired) electrons. The monoisotopic (exact) mass is 301 g/mol. The fraction of sp³-hybridized carbons (Fsp3) is 0.143. The molecule has 22 heavy (non-hydrogen) atoms. The second-order valence-electron chi connectivity index (χ2n) is 4.88. The predicted octanol–water partition coefficient (Wildman–Crippen LogP) is 0.770. The van der Waals surface area contributed by atoms with Crippen LogP contribution in [0.5, 0.6) is 0 Å². The third kappa shape index (κ3) is 2.24. The van der Waals surface area contributed by atoms with E-state index in [4.69, 9.17) is 5.73 Å². The van der Waals surface area contributed by atoms with E-state index in [0.717, 1.165) is 6.07 Å². The highest BCUT2D eigenvalue weighted by molar-refractivity contribution is 6.03. The maximum absolute atomic E-state index is 13.6. The van der Waals surface area contributed by atoms with Crippen LogP contribution in [0.3, 0.4) is 0 Å². The van der Waals surface area contributed by atoms with Crippen molar-refractivity contribution in [3.05, 3.63) is 35.9 Å². The van der Waals surface area contributed by atoms with Crippen LogP contribution in [0.2, 0.25) is 0 Å². The zero-order valence-electron chi connectivity index (χ0n) is 11.6. The number of hydrogen-bond acceptors (Lipinski definition) is 5. The Morgan fingerprint density at radius 1 is 1.41 bits per heavy atom. The number of nitrogens with one attached hydrogen (secondary N) is 1. The molecule has 0 atom stereocenters. The largest absolute Gasteiger partial charge is 0.366 e. The summed E-state index contributed by atoms with van der Waals surface area (Å²) in [6, 6.07) is 3.99. The minimum atomic E-state index is -0.857. The van der Waals surface area contributed by atoms with Crippen molar-refractivity contribution in [2.24, 2.45) is 5.73 Å². The molecule has 2 aromatic rings. The van der Waals surface area contributed by atoms with E-state index in [9.17, 15) is 14.0 Å². The normalized spacial score (nSPS) is 13.5. The molecule has 0 bridgehead atoms. The van der Waals surface area contributed by atoms with E-state index in [2.05, 4.69) is 15.3 Å². The zero-order chi connectivity index (χ0) is 15.9. The number of aromatic nitrogens is 2. The molecule has 0 saturated carbocycles. The van der Waals surface area contributed by atoms with Crippen molar-refractivity contribution < 1.29 is 14.0 Å². The Labute approximate surface area is 125 Å². The average Bonchev–Trinajstić information content (AvgIpc) is 2.46. The number of rotatable bonds is 2. The molecule has 1 aliphatic heterocycles. The molecular weight excluding hydrogens is 289 g/mol. The van der Waals surface area contributed by atoms with E-state index >= 15 is 0 Å². The summed E-state index contributed by atoms with van der Waals surface area (Å²) >= 11 is 0. The number of nitrogens with zero attached hydrogens (tertiary/aromatic N) is 3. The molecule has 1 aliphatic rings. The van der Waals surface area contributed by atoms with Crippen molar-refractivity contribution in [2.45, 2.75) is 0 Å². The number of carbonyl (C=O) groups is 2. The van der Waals surface area contributed by atoms with Gasteiger partial charge in [0.1, 0.15) is 17.8 Å². The number of hydrogen-bond donors (Lipinski definition) is 2. The average molecular weight is 301 g/mol. The van der Waals surface area contributed by atoms with Crippen molar-refractivity contribution in [3.8, 4) is 11.3 Å². The Kier molecular flexibility index (Phi) is 3.21. The van der Waals surface area contributed by atoms with E-state index in [0.29, 0.717) is 22.8 Å². The lowest BCUT2D eigenvalue weighted by molar-refractivity contribution is -0.115. The number of likely N-dealkylation sites (N-methyl/N-ethyl adjacent to an activating group) is 1. The fourth-order valence-electron chi connectivity index (χ4n) is 2.37. The highest BCUT2D eigenvalue weighted by Crippen LogP contribution is 2.35. The van der Waals surface area contributed by atoms with Crippen molar-refractivity contribution in [3.63, 3.8) is 0 Å². The Morgan fingerprint density at radius 3 is 2.91 bits per heavy atom. The van der Waals surface area contributed by atoms with Gasteiger partial charge in [0.25, 0.3) is 5.91 Å². The van der Waals surface area contributed by atoms with Crippen molar-refractivity contribution in [1.82, 2.24) is 9.97 Å². The van der Waals surface area contributed by atoms with Gasteiger partial charge in [0.2, 0.25) is 5.91 Å². The topological polar surface area (TPSA) is 101 Å². The summed E-state index contributed by atoms with van der Waals surface area (Å²) in [6.45, 7) is 0.150. The number of nitrogens with two attached hydrogens (primary N) is 1. The maximum atomic E-state index is 13.6. The fourth-order valence-corrected chi connectivity index (χ4v) is 2.37. The summed E-state index contributed by atoms with van der Waals surface area (Å²) in [6.07, 6.45) is 1.29. The molecule has 2 heterocycles. The molecule has 1 aromatic heterocycles. The van der Waals surface area contributed by atoms with Gasteiger partial charge in [-0.2, -0.15) is 0 Å². The number of halogens is 1. The van der Waals surface area contributed by atoms with E-state index in [1.807, 2.05) is 0 Å². The van der Waals surface area contributed by atoms with Gasteiger partial charge in [0, 0.05) is 12.6 Å². The lowest BCUT2D eigenvalue weighted by Crippen LogP contribution is -2.36. The van der Waals surface area contributed by atoms with E-state index in [1.54, 1.807) is 11.9 Å². The van der Waals surface area contributed by atoms with Crippen LogP contribution in [-0.4, -0.2) is 35.4 Å². The Morgan fingerprint density at radius 2 is 2.18 bits per heavy atom. The molecule has 2 amide bonds. The number of amides is 2. The Balaban J connectivity index is 2.18. The molecule has 0 aliphatic carbocycles. The summed E-state index contributed by atoms with van der Waals surface area (Å²) in [7, 11) is 1.73. The van der Waals surface area contributed by atoms with Crippen LogP contribution < -0.4 is 16.0 Å². The molecule has 8 heteroatoms. The van der Waals surface area contributed by atoms with Gasteiger partial charge in [-0.25, -0.2) is 14.4 Å². The summed E-state index contributed by atoms with van der Waals surface area (Å²) in [5.74, 6) is -1.37. The first-order valence-corrected chi connectivity index (χ1v) is 6.43. The quantitative estimate of drug-likeness (QED) is 0.853. The third-order valence-corrected chi connectivity index (χ3v) is 3.35. The second kappa shape index (κ2) is 5.06. The number of fused-ring (bicyclic) bond motifs is 1. The molecule has 7 nitrogen and oxygen atoms in total. The van der Waals surface area contributed by atoms with Gasteiger partial charge in [0.05, 0.1) is 17.8 Å². The molecule has 3 N–H and O–H groups in total. The first kappa shape index (κ1) is 13.9. The molecule has 0 spiro atoms. The molecule has 0 fully saturated rings. The van der Waals surface area contributed by atoms with Crippen molar-refractivity contribution in [2.75, 3.05) is 23.8 Å². The van der Waals surface area contributed by atoms with Gasteiger partial charge >= 0.3 is 0 Å². The zero-order valence-corrected chi connectivity index (χ0v) is 11.6. The van der Waals surface area contributed by atoms with Crippen LogP contribution in [0.4, 0.5) is 15.9 Å². The number of anilines is 2. The number of benzene rings is 1. The highest BCUT2D eigenvalue weighted by Gasteiger charge is 2.25. The lowest BCUT2D eigenvalue weighted by atomic mass is 10.0. The Bertz CT molecular complexity index is 793. The number of carbonyl (C=O) groups excluding carboxylic acids is 2. The molecule has 0 unspecified atom stereocenters. The van der Waals surface area contributed by atoms with Gasteiger partial charge in [-0.3, -0.25) is 9.59 Å².